The van der Waals surface area contributed by atoms with Crippen molar-refractivity contribution in [2.45, 2.75) is 19.4 Å². The van der Waals surface area contributed by atoms with E-state index < -0.39 is 18.0 Å². The molecule has 2 aromatic rings. The van der Waals surface area contributed by atoms with Crippen molar-refractivity contribution in [2.75, 3.05) is 0 Å². The van der Waals surface area contributed by atoms with Crippen LogP contribution in [0.15, 0.2) is 24.3 Å². The first-order chi connectivity index (χ1) is 9.95. The van der Waals surface area contributed by atoms with Crippen LogP contribution in [0, 0.1) is 0 Å². The van der Waals surface area contributed by atoms with E-state index in [1.165, 1.54) is 0 Å². The summed E-state index contributed by atoms with van der Waals surface area (Å²) in [6.45, 7) is 1.67. The number of aromatic carboxylic acids is 1. The number of nitrogens with zero attached hydrogens (tertiary/aromatic N) is 3. The SMILES string of the molecule is CCC(C(=O)O)n1nnc(C(=O)O)c1-c1ccc(Cl)cc1. The molecule has 110 valence electrons. The number of rotatable bonds is 5. The molecule has 0 aliphatic heterocycles. The second kappa shape index (κ2) is 5.92. The molecule has 0 aliphatic carbocycles. The van der Waals surface area contributed by atoms with Crippen LogP contribution in [0.5, 0.6) is 0 Å². The largest absolute Gasteiger partial charge is 0.480 e. The van der Waals surface area contributed by atoms with E-state index in [1.54, 1.807) is 31.2 Å². The Bertz CT molecular complexity index is 681. The van der Waals surface area contributed by atoms with E-state index in [1.807, 2.05) is 0 Å². The van der Waals surface area contributed by atoms with Gasteiger partial charge in [0.1, 0.15) is 5.69 Å². The van der Waals surface area contributed by atoms with Gasteiger partial charge in [-0.1, -0.05) is 35.9 Å². The highest BCUT2D eigenvalue weighted by Crippen LogP contribution is 2.27. The monoisotopic (exact) mass is 309 g/mol. The molecule has 1 aromatic heterocycles. The first-order valence-electron chi connectivity index (χ1n) is 6.13. The van der Waals surface area contributed by atoms with Crippen molar-refractivity contribution in [3.05, 3.63) is 35.0 Å². The molecule has 0 amide bonds. The highest BCUT2D eigenvalue weighted by atomic mass is 35.5. The van der Waals surface area contributed by atoms with Crippen LogP contribution >= 0.6 is 11.6 Å². The lowest BCUT2D eigenvalue weighted by molar-refractivity contribution is -0.141. The number of halogens is 1. The van der Waals surface area contributed by atoms with Crippen molar-refractivity contribution in [1.29, 1.82) is 0 Å². The first-order valence-corrected chi connectivity index (χ1v) is 6.50. The molecule has 2 rings (SSSR count). The van der Waals surface area contributed by atoms with Crippen molar-refractivity contribution in [3.63, 3.8) is 0 Å². The molecule has 1 unspecified atom stereocenters. The Morgan fingerprint density at radius 1 is 1.29 bits per heavy atom. The molecule has 0 radical (unpaired) electrons. The Kier molecular flexibility index (Phi) is 4.23. The lowest BCUT2D eigenvalue weighted by Crippen LogP contribution is -2.20. The zero-order valence-electron chi connectivity index (χ0n) is 11.0. The van der Waals surface area contributed by atoms with Gasteiger partial charge in [0.05, 0.1) is 0 Å². The summed E-state index contributed by atoms with van der Waals surface area (Å²) < 4.78 is 1.12. The van der Waals surface area contributed by atoms with Gasteiger partial charge in [-0.05, 0) is 18.6 Å². The standard InChI is InChI=1S/C13H12ClN3O4/c1-2-9(12(18)19)17-11(10(13(20)21)15-16-17)7-3-5-8(14)6-4-7/h3-6,9H,2H2,1H3,(H,18,19)(H,20,21). The minimum atomic E-state index is -1.27. The van der Waals surface area contributed by atoms with Crippen LogP contribution in [0.1, 0.15) is 29.9 Å². The normalized spacial score (nSPS) is 12.1. The number of aliphatic carboxylic acids is 1. The average Bonchev–Trinajstić information content (AvgIpc) is 2.85. The molecule has 0 bridgehead atoms. The molecule has 2 N–H and O–H groups in total. The highest BCUT2D eigenvalue weighted by Gasteiger charge is 2.27. The van der Waals surface area contributed by atoms with E-state index in [0.29, 0.717) is 10.6 Å². The third-order valence-corrected chi connectivity index (χ3v) is 3.23. The topological polar surface area (TPSA) is 105 Å². The molecule has 0 saturated heterocycles. The quantitative estimate of drug-likeness (QED) is 0.878. The molecule has 1 heterocycles. The van der Waals surface area contributed by atoms with E-state index in [2.05, 4.69) is 10.3 Å². The van der Waals surface area contributed by atoms with Crippen LogP contribution in [0.3, 0.4) is 0 Å². The number of benzene rings is 1. The molecule has 1 aromatic carbocycles. The number of hydrogen-bond donors (Lipinski definition) is 2. The summed E-state index contributed by atoms with van der Waals surface area (Å²) in [5.74, 6) is -2.37. The third-order valence-electron chi connectivity index (χ3n) is 2.98. The van der Waals surface area contributed by atoms with Crippen molar-refractivity contribution in [2.24, 2.45) is 0 Å². The van der Waals surface area contributed by atoms with Gasteiger partial charge in [0, 0.05) is 10.6 Å². The van der Waals surface area contributed by atoms with Crippen LogP contribution in [-0.2, 0) is 4.79 Å². The Labute approximate surface area is 124 Å². The van der Waals surface area contributed by atoms with E-state index in [9.17, 15) is 19.8 Å². The predicted octanol–water partition coefficient (Wildman–Crippen LogP) is 2.33. The van der Waals surface area contributed by atoms with Crippen molar-refractivity contribution < 1.29 is 19.8 Å². The molecule has 0 fully saturated rings. The molecular weight excluding hydrogens is 298 g/mol. The average molecular weight is 310 g/mol. The fourth-order valence-corrected chi connectivity index (χ4v) is 2.11. The maximum atomic E-state index is 11.3. The number of carboxylic acids is 2. The van der Waals surface area contributed by atoms with Crippen LogP contribution < -0.4 is 0 Å². The van der Waals surface area contributed by atoms with Crippen molar-refractivity contribution in [1.82, 2.24) is 15.0 Å². The molecule has 7 nitrogen and oxygen atoms in total. The lowest BCUT2D eigenvalue weighted by Gasteiger charge is -2.13. The van der Waals surface area contributed by atoms with Crippen molar-refractivity contribution >= 4 is 23.5 Å². The van der Waals surface area contributed by atoms with Crippen LogP contribution in [-0.4, -0.2) is 37.1 Å². The summed E-state index contributed by atoms with van der Waals surface area (Å²) in [6.07, 6.45) is 0.248. The zero-order valence-corrected chi connectivity index (χ0v) is 11.8. The lowest BCUT2D eigenvalue weighted by atomic mass is 10.1. The summed E-state index contributed by atoms with van der Waals surface area (Å²) in [4.78, 5) is 22.6. The second-order valence-corrected chi connectivity index (χ2v) is 4.74. The van der Waals surface area contributed by atoms with E-state index in [4.69, 9.17) is 11.6 Å². The van der Waals surface area contributed by atoms with Gasteiger partial charge in [0.25, 0.3) is 0 Å². The zero-order chi connectivity index (χ0) is 15.6. The van der Waals surface area contributed by atoms with E-state index in [-0.39, 0.29) is 17.8 Å². The smallest absolute Gasteiger partial charge is 0.358 e. The number of aromatic nitrogens is 3. The Morgan fingerprint density at radius 3 is 2.38 bits per heavy atom. The third kappa shape index (κ3) is 2.87. The van der Waals surface area contributed by atoms with E-state index >= 15 is 0 Å². The summed E-state index contributed by atoms with van der Waals surface area (Å²) in [5.41, 5.74) is 0.340. The summed E-state index contributed by atoms with van der Waals surface area (Å²) >= 11 is 5.81. The number of carbonyl (C=O) groups is 2. The van der Waals surface area contributed by atoms with Gasteiger partial charge >= 0.3 is 11.9 Å². The summed E-state index contributed by atoms with van der Waals surface area (Å²) in [6, 6.07) is 5.37. The van der Waals surface area contributed by atoms with Gasteiger partial charge in [-0.2, -0.15) is 0 Å². The summed E-state index contributed by atoms with van der Waals surface area (Å²) in [7, 11) is 0. The predicted molar refractivity (Wildman–Crippen MR) is 74.4 cm³/mol. The van der Waals surface area contributed by atoms with Crippen LogP contribution in [0.4, 0.5) is 0 Å². The minimum Gasteiger partial charge on any atom is -0.480 e. The molecule has 8 heteroatoms. The number of carboxylic acid groups (broad SMARTS) is 2. The number of hydrogen-bond acceptors (Lipinski definition) is 4. The van der Waals surface area contributed by atoms with E-state index in [0.717, 1.165) is 4.68 Å². The summed E-state index contributed by atoms with van der Waals surface area (Å²) in [5, 5.41) is 26.2. The molecule has 21 heavy (non-hydrogen) atoms. The van der Waals surface area contributed by atoms with Gasteiger partial charge in [0.15, 0.2) is 11.7 Å². The maximum Gasteiger partial charge on any atom is 0.358 e. The molecule has 1 atom stereocenters. The van der Waals surface area contributed by atoms with Gasteiger partial charge in [-0.15, -0.1) is 5.10 Å². The van der Waals surface area contributed by atoms with Crippen LogP contribution in [0.2, 0.25) is 5.02 Å². The van der Waals surface area contributed by atoms with Gasteiger partial charge in [-0.3, -0.25) is 0 Å². The second-order valence-electron chi connectivity index (χ2n) is 4.31. The minimum absolute atomic E-state index is 0.147. The maximum absolute atomic E-state index is 11.3. The Morgan fingerprint density at radius 2 is 1.90 bits per heavy atom. The molecular formula is C13H12ClN3O4. The fourth-order valence-electron chi connectivity index (χ4n) is 1.98. The van der Waals surface area contributed by atoms with Gasteiger partial charge < -0.3 is 10.2 Å². The molecule has 0 saturated carbocycles. The molecule has 0 aliphatic rings. The highest BCUT2D eigenvalue weighted by molar-refractivity contribution is 6.30. The Balaban J connectivity index is 2.65. The first kappa shape index (κ1) is 15.0. The molecule has 0 spiro atoms. The van der Waals surface area contributed by atoms with Crippen LogP contribution in [0.25, 0.3) is 11.3 Å². The Hall–Kier alpha value is -2.41. The van der Waals surface area contributed by atoms with Crippen molar-refractivity contribution in [3.8, 4) is 11.3 Å². The van der Waals surface area contributed by atoms with Gasteiger partial charge in [0.2, 0.25) is 0 Å². The van der Waals surface area contributed by atoms with Gasteiger partial charge in [-0.25, -0.2) is 14.3 Å². The fraction of sp³-hybridized carbons (Fsp3) is 0.231.